The van der Waals surface area contributed by atoms with E-state index in [1.807, 2.05) is 6.92 Å². The quantitative estimate of drug-likeness (QED) is 0.561. The molecule has 0 radical (unpaired) electrons. The Labute approximate surface area is 107 Å². The van der Waals surface area contributed by atoms with E-state index in [1.165, 1.54) is 19.2 Å². The molecule has 6 nitrogen and oxygen atoms in total. The maximum Gasteiger partial charge on any atom is 0.242 e. The van der Waals surface area contributed by atoms with Crippen molar-refractivity contribution in [2.24, 2.45) is 0 Å². The largest absolute Gasteiger partial charge is 0.497 e. The summed E-state index contributed by atoms with van der Waals surface area (Å²) in [7, 11) is -2.12. The molecule has 0 aliphatic carbocycles. The number of nitrogens with two attached hydrogens (primary N) is 1. The second-order valence-electron chi connectivity index (χ2n) is 3.50. The Morgan fingerprint density at radius 2 is 2.11 bits per heavy atom. The fourth-order valence-electron chi connectivity index (χ4n) is 1.37. The fourth-order valence-corrected chi connectivity index (χ4v) is 2.49. The highest BCUT2D eigenvalue weighted by molar-refractivity contribution is 7.89. The minimum Gasteiger partial charge on any atom is -0.497 e. The number of nitrogens with one attached hydrogen (secondary N) is 1. The van der Waals surface area contributed by atoms with Crippen LogP contribution in [-0.4, -0.2) is 35.3 Å². The van der Waals surface area contributed by atoms with Gasteiger partial charge in [-0.25, -0.2) is 13.1 Å². The van der Waals surface area contributed by atoms with Crippen molar-refractivity contribution in [2.45, 2.75) is 11.8 Å². The molecule has 0 aliphatic heterocycles. The molecule has 0 aliphatic rings. The smallest absolute Gasteiger partial charge is 0.242 e. The Morgan fingerprint density at radius 1 is 1.39 bits per heavy atom. The normalized spacial score (nSPS) is 11.4. The summed E-state index contributed by atoms with van der Waals surface area (Å²) in [6.45, 7) is 2.93. The fraction of sp³-hybridized carbons (Fsp3) is 0.455. The first-order chi connectivity index (χ1) is 8.51. The molecule has 7 heteroatoms. The van der Waals surface area contributed by atoms with Crippen LogP contribution in [0.4, 0.5) is 5.69 Å². The first-order valence-corrected chi connectivity index (χ1v) is 7.00. The average molecular weight is 274 g/mol. The van der Waals surface area contributed by atoms with Crippen molar-refractivity contribution in [3.8, 4) is 5.75 Å². The Hall–Kier alpha value is -1.31. The van der Waals surface area contributed by atoms with Crippen LogP contribution in [0.15, 0.2) is 23.1 Å². The lowest BCUT2D eigenvalue weighted by Crippen LogP contribution is -2.28. The molecular weight excluding hydrogens is 256 g/mol. The van der Waals surface area contributed by atoms with E-state index in [2.05, 4.69) is 4.72 Å². The number of sulfonamides is 1. The van der Waals surface area contributed by atoms with Crippen LogP contribution in [0.3, 0.4) is 0 Å². The minimum atomic E-state index is -3.61. The van der Waals surface area contributed by atoms with Gasteiger partial charge in [0, 0.05) is 19.2 Å². The van der Waals surface area contributed by atoms with Crippen molar-refractivity contribution in [1.29, 1.82) is 0 Å². The molecule has 0 fully saturated rings. The van der Waals surface area contributed by atoms with Crippen molar-refractivity contribution in [3.05, 3.63) is 18.2 Å². The van der Waals surface area contributed by atoms with Gasteiger partial charge in [0.2, 0.25) is 10.0 Å². The van der Waals surface area contributed by atoms with Gasteiger partial charge in [-0.05, 0) is 19.1 Å². The van der Waals surface area contributed by atoms with Crippen molar-refractivity contribution >= 4 is 15.7 Å². The number of rotatable bonds is 7. The van der Waals surface area contributed by atoms with Crippen LogP contribution in [0.2, 0.25) is 0 Å². The summed E-state index contributed by atoms with van der Waals surface area (Å²) >= 11 is 0. The lowest BCUT2D eigenvalue weighted by atomic mass is 10.3. The van der Waals surface area contributed by atoms with Crippen LogP contribution >= 0.6 is 0 Å². The molecule has 0 saturated heterocycles. The van der Waals surface area contributed by atoms with Gasteiger partial charge in [-0.1, -0.05) is 0 Å². The van der Waals surface area contributed by atoms with Gasteiger partial charge in [0.1, 0.15) is 10.6 Å². The van der Waals surface area contributed by atoms with E-state index < -0.39 is 10.0 Å². The summed E-state index contributed by atoms with van der Waals surface area (Å²) < 4.78 is 36.3. The van der Waals surface area contributed by atoms with E-state index in [1.54, 1.807) is 6.07 Å². The lowest BCUT2D eigenvalue weighted by Gasteiger charge is -2.10. The second kappa shape index (κ2) is 6.58. The summed E-state index contributed by atoms with van der Waals surface area (Å²) in [5.74, 6) is 0.515. The molecule has 0 spiro atoms. The summed E-state index contributed by atoms with van der Waals surface area (Å²) in [5, 5.41) is 0. The molecule has 0 bridgehead atoms. The van der Waals surface area contributed by atoms with Gasteiger partial charge in [0.25, 0.3) is 0 Å². The highest BCUT2D eigenvalue weighted by Crippen LogP contribution is 2.23. The van der Waals surface area contributed by atoms with Crippen LogP contribution in [-0.2, 0) is 14.8 Å². The van der Waals surface area contributed by atoms with Crippen LogP contribution in [0, 0.1) is 0 Å². The standard InChI is InChI=1S/C11H18N2O4S/c1-3-17-7-6-13-18(14,15)11-5-4-9(16-2)8-10(11)12/h4-5,8,13H,3,6-7,12H2,1-2H3. The molecule has 1 aromatic carbocycles. The highest BCUT2D eigenvalue weighted by Gasteiger charge is 2.17. The molecule has 1 rings (SSSR count). The van der Waals surface area contributed by atoms with Crippen molar-refractivity contribution < 1.29 is 17.9 Å². The summed E-state index contributed by atoms with van der Waals surface area (Å²) in [6, 6.07) is 4.43. The Balaban J connectivity index is 2.78. The number of hydrogen-bond acceptors (Lipinski definition) is 5. The topological polar surface area (TPSA) is 90.6 Å². The van der Waals surface area contributed by atoms with E-state index in [0.29, 0.717) is 19.0 Å². The second-order valence-corrected chi connectivity index (χ2v) is 5.23. The molecule has 3 N–H and O–H groups in total. The number of benzene rings is 1. The molecular formula is C11H18N2O4S. The van der Waals surface area contributed by atoms with E-state index in [-0.39, 0.29) is 17.1 Å². The molecule has 0 amide bonds. The number of anilines is 1. The van der Waals surface area contributed by atoms with E-state index in [0.717, 1.165) is 0 Å². The maximum absolute atomic E-state index is 11.9. The number of methoxy groups -OCH3 is 1. The van der Waals surface area contributed by atoms with Crippen molar-refractivity contribution in [3.63, 3.8) is 0 Å². The van der Waals surface area contributed by atoms with Gasteiger partial charge >= 0.3 is 0 Å². The Bertz CT molecular complexity index is 488. The van der Waals surface area contributed by atoms with E-state index in [4.69, 9.17) is 15.2 Å². The third kappa shape index (κ3) is 3.86. The third-order valence-corrected chi connectivity index (χ3v) is 3.78. The van der Waals surface area contributed by atoms with Gasteiger partial charge < -0.3 is 15.2 Å². The van der Waals surface area contributed by atoms with Gasteiger partial charge in [0.15, 0.2) is 0 Å². The average Bonchev–Trinajstić information content (AvgIpc) is 2.34. The third-order valence-electron chi connectivity index (χ3n) is 2.25. The van der Waals surface area contributed by atoms with Crippen molar-refractivity contribution in [1.82, 2.24) is 4.72 Å². The molecule has 18 heavy (non-hydrogen) atoms. The highest BCUT2D eigenvalue weighted by atomic mass is 32.2. The predicted octanol–water partition coefficient (Wildman–Crippen LogP) is 0.592. The molecule has 0 unspecified atom stereocenters. The Kier molecular flexibility index (Phi) is 5.39. The summed E-state index contributed by atoms with van der Waals surface area (Å²) in [5.41, 5.74) is 5.83. The lowest BCUT2D eigenvalue weighted by molar-refractivity contribution is 0.153. The number of hydrogen-bond donors (Lipinski definition) is 2. The van der Waals surface area contributed by atoms with Gasteiger partial charge in [0.05, 0.1) is 19.4 Å². The van der Waals surface area contributed by atoms with E-state index >= 15 is 0 Å². The van der Waals surface area contributed by atoms with Crippen LogP contribution in [0.5, 0.6) is 5.75 Å². The van der Waals surface area contributed by atoms with Crippen LogP contribution in [0.1, 0.15) is 6.92 Å². The molecule has 0 saturated carbocycles. The number of ether oxygens (including phenoxy) is 2. The first-order valence-electron chi connectivity index (χ1n) is 5.52. The van der Waals surface area contributed by atoms with Crippen LogP contribution < -0.4 is 15.2 Å². The predicted molar refractivity (Wildman–Crippen MR) is 69.1 cm³/mol. The molecule has 0 heterocycles. The summed E-state index contributed by atoms with van der Waals surface area (Å²) in [6.07, 6.45) is 0. The Morgan fingerprint density at radius 3 is 2.67 bits per heavy atom. The zero-order valence-corrected chi connectivity index (χ0v) is 11.3. The monoisotopic (exact) mass is 274 g/mol. The molecule has 0 atom stereocenters. The van der Waals surface area contributed by atoms with E-state index in [9.17, 15) is 8.42 Å². The van der Waals surface area contributed by atoms with Gasteiger partial charge in [-0.2, -0.15) is 0 Å². The summed E-state index contributed by atoms with van der Waals surface area (Å²) in [4.78, 5) is 0.0415. The van der Waals surface area contributed by atoms with Gasteiger partial charge in [-0.15, -0.1) is 0 Å². The zero-order chi connectivity index (χ0) is 13.6. The molecule has 0 aromatic heterocycles. The zero-order valence-electron chi connectivity index (χ0n) is 10.5. The molecule has 1 aromatic rings. The first kappa shape index (κ1) is 14.7. The maximum atomic E-state index is 11.9. The molecule has 102 valence electrons. The van der Waals surface area contributed by atoms with Crippen LogP contribution in [0.25, 0.3) is 0 Å². The minimum absolute atomic E-state index is 0.0415. The number of nitrogen functional groups attached to an aromatic ring is 1. The SMILES string of the molecule is CCOCCNS(=O)(=O)c1ccc(OC)cc1N. The van der Waals surface area contributed by atoms with Gasteiger partial charge in [-0.3, -0.25) is 0 Å². The van der Waals surface area contributed by atoms with Crippen molar-refractivity contribution in [2.75, 3.05) is 32.6 Å².